The number of hydrogen-bond donors (Lipinski definition) is 2. The number of ether oxygens (including phenoxy) is 2. The van der Waals surface area contributed by atoms with Crippen molar-refractivity contribution in [2.75, 3.05) is 26.9 Å². The lowest BCUT2D eigenvalue weighted by atomic mass is 9.95. The summed E-state index contributed by atoms with van der Waals surface area (Å²) >= 11 is 0. The first-order valence-electron chi connectivity index (χ1n) is 6.11. The Bertz CT molecular complexity index is 400. The molecule has 0 radical (unpaired) electrons. The molecule has 0 spiro atoms. The molecule has 1 aromatic carbocycles. The van der Waals surface area contributed by atoms with Gasteiger partial charge in [0.25, 0.3) is 5.91 Å². The molecule has 0 aromatic heterocycles. The fourth-order valence-corrected chi connectivity index (χ4v) is 1.27. The maximum Gasteiger partial charge on any atom is 0.257 e. The molecular formula is C14H21NO4. The van der Waals surface area contributed by atoms with Crippen LogP contribution in [0.3, 0.4) is 0 Å². The van der Waals surface area contributed by atoms with Gasteiger partial charge in [-0.2, -0.15) is 0 Å². The van der Waals surface area contributed by atoms with Crippen molar-refractivity contribution in [2.24, 2.45) is 5.41 Å². The van der Waals surface area contributed by atoms with Crippen LogP contribution in [-0.2, 0) is 4.79 Å². The number of carbonyl (C=O) groups is 1. The van der Waals surface area contributed by atoms with Gasteiger partial charge in [-0.1, -0.05) is 13.8 Å². The summed E-state index contributed by atoms with van der Waals surface area (Å²) in [5.74, 6) is 1.14. The van der Waals surface area contributed by atoms with Crippen LogP contribution in [-0.4, -0.2) is 37.9 Å². The Hall–Kier alpha value is -1.75. The van der Waals surface area contributed by atoms with E-state index < -0.39 is 0 Å². The maximum atomic E-state index is 11.6. The van der Waals surface area contributed by atoms with Gasteiger partial charge in [0.2, 0.25) is 0 Å². The first-order chi connectivity index (χ1) is 8.96. The topological polar surface area (TPSA) is 67.8 Å². The number of hydrogen-bond acceptors (Lipinski definition) is 4. The molecule has 0 unspecified atom stereocenters. The first-order valence-corrected chi connectivity index (χ1v) is 6.11. The second-order valence-corrected chi connectivity index (χ2v) is 5.06. The van der Waals surface area contributed by atoms with Crippen molar-refractivity contribution in [3.8, 4) is 11.5 Å². The van der Waals surface area contributed by atoms with Crippen LogP contribution in [0.2, 0.25) is 0 Å². The van der Waals surface area contributed by atoms with Crippen LogP contribution in [0.4, 0.5) is 0 Å². The zero-order chi connectivity index (χ0) is 14.3. The number of rotatable bonds is 7. The van der Waals surface area contributed by atoms with Crippen molar-refractivity contribution in [2.45, 2.75) is 13.8 Å². The molecule has 5 nitrogen and oxygen atoms in total. The summed E-state index contributed by atoms with van der Waals surface area (Å²) in [7, 11) is 1.59. The number of carbonyl (C=O) groups excluding carboxylic acids is 1. The highest BCUT2D eigenvalue weighted by atomic mass is 16.5. The molecule has 2 N–H and O–H groups in total. The third kappa shape index (κ3) is 5.61. The predicted octanol–water partition coefficient (Wildman–Crippen LogP) is 1.21. The van der Waals surface area contributed by atoms with Crippen LogP contribution in [0.15, 0.2) is 24.3 Å². The second kappa shape index (κ2) is 6.99. The summed E-state index contributed by atoms with van der Waals surface area (Å²) in [5, 5.41) is 11.8. The van der Waals surface area contributed by atoms with Crippen LogP contribution >= 0.6 is 0 Å². The predicted molar refractivity (Wildman–Crippen MR) is 72.4 cm³/mol. The minimum atomic E-state index is -0.324. The molecule has 0 heterocycles. The molecule has 0 fully saturated rings. The van der Waals surface area contributed by atoms with Crippen molar-refractivity contribution in [1.29, 1.82) is 0 Å². The SMILES string of the molecule is COc1ccc(OCC(=O)NCC(C)(C)CO)cc1. The van der Waals surface area contributed by atoms with E-state index in [-0.39, 0.29) is 24.5 Å². The van der Waals surface area contributed by atoms with Gasteiger partial charge in [0, 0.05) is 18.6 Å². The monoisotopic (exact) mass is 267 g/mol. The lowest BCUT2D eigenvalue weighted by molar-refractivity contribution is -0.123. The zero-order valence-corrected chi connectivity index (χ0v) is 11.6. The lowest BCUT2D eigenvalue weighted by Gasteiger charge is -2.21. The highest BCUT2D eigenvalue weighted by Gasteiger charge is 2.17. The normalized spacial score (nSPS) is 10.9. The Morgan fingerprint density at radius 2 is 1.84 bits per heavy atom. The summed E-state index contributed by atoms with van der Waals surface area (Å²) in [5.41, 5.74) is -0.324. The molecule has 19 heavy (non-hydrogen) atoms. The van der Waals surface area contributed by atoms with Gasteiger partial charge in [0.1, 0.15) is 11.5 Å². The fraction of sp³-hybridized carbons (Fsp3) is 0.500. The molecule has 0 aliphatic carbocycles. The van der Waals surface area contributed by atoms with Crippen LogP contribution in [0, 0.1) is 5.41 Å². The summed E-state index contributed by atoms with van der Waals surface area (Å²) < 4.78 is 10.4. The van der Waals surface area contributed by atoms with E-state index in [1.807, 2.05) is 13.8 Å². The van der Waals surface area contributed by atoms with E-state index in [0.29, 0.717) is 12.3 Å². The van der Waals surface area contributed by atoms with Gasteiger partial charge in [-0.25, -0.2) is 0 Å². The van der Waals surface area contributed by atoms with Crippen molar-refractivity contribution >= 4 is 5.91 Å². The molecule has 0 saturated heterocycles. The quantitative estimate of drug-likeness (QED) is 0.779. The molecule has 0 saturated carbocycles. The molecule has 1 amide bonds. The molecule has 0 atom stereocenters. The Labute approximate surface area is 113 Å². The smallest absolute Gasteiger partial charge is 0.257 e. The van der Waals surface area contributed by atoms with Gasteiger partial charge in [0.15, 0.2) is 6.61 Å². The van der Waals surface area contributed by atoms with Crippen molar-refractivity contribution < 1.29 is 19.4 Å². The van der Waals surface area contributed by atoms with Gasteiger partial charge in [-0.05, 0) is 24.3 Å². The number of nitrogens with one attached hydrogen (secondary N) is 1. The van der Waals surface area contributed by atoms with Gasteiger partial charge >= 0.3 is 0 Å². The zero-order valence-electron chi connectivity index (χ0n) is 11.6. The van der Waals surface area contributed by atoms with E-state index in [1.165, 1.54) is 0 Å². The van der Waals surface area contributed by atoms with E-state index in [1.54, 1.807) is 31.4 Å². The highest BCUT2D eigenvalue weighted by Crippen LogP contribution is 2.16. The maximum absolute atomic E-state index is 11.6. The molecule has 0 aliphatic rings. The average Bonchev–Trinajstić information content (AvgIpc) is 2.43. The third-order valence-corrected chi connectivity index (χ3v) is 2.62. The highest BCUT2D eigenvalue weighted by molar-refractivity contribution is 5.77. The number of aliphatic hydroxyl groups excluding tert-OH is 1. The average molecular weight is 267 g/mol. The van der Waals surface area contributed by atoms with Crippen molar-refractivity contribution in [1.82, 2.24) is 5.32 Å². The number of aliphatic hydroxyl groups is 1. The summed E-state index contributed by atoms with van der Waals surface area (Å²) in [6.07, 6.45) is 0. The Morgan fingerprint density at radius 1 is 1.26 bits per heavy atom. The van der Waals surface area contributed by atoms with Crippen LogP contribution < -0.4 is 14.8 Å². The molecule has 0 aliphatic heterocycles. The van der Waals surface area contributed by atoms with Crippen LogP contribution in [0.1, 0.15) is 13.8 Å². The minimum absolute atomic E-state index is 0.0205. The third-order valence-electron chi connectivity index (χ3n) is 2.62. The van der Waals surface area contributed by atoms with E-state index in [0.717, 1.165) is 5.75 Å². The fourth-order valence-electron chi connectivity index (χ4n) is 1.27. The molecule has 5 heteroatoms. The van der Waals surface area contributed by atoms with E-state index in [4.69, 9.17) is 14.6 Å². The minimum Gasteiger partial charge on any atom is -0.497 e. The molecular weight excluding hydrogens is 246 g/mol. The van der Waals surface area contributed by atoms with Crippen molar-refractivity contribution in [3.63, 3.8) is 0 Å². The van der Waals surface area contributed by atoms with Gasteiger partial charge in [-0.15, -0.1) is 0 Å². The van der Waals surface area contributed by atoms with E-state index >= 15 is 0 Å². The van der Waals surface area contributed by atoms with E-state index in [2.05, 4.69) is 5.32 Å². The van der Waals surface area contributed by atoms with Crippen molar-refractivity contribution in [3.05, 3.63) is 24.3 Å². The summed E-state index contributed by atoms with van der Waals surface area (Å²) in [6, 6.07) is 7.01. The van der Waals surface area contributed by atoms with E-state index in [9.17, 15) is 4.79 Å². The number of benzene rings is 1. The Morgan fingerprint density at radius 3 is 2.37 bits per heavy atom. The molecule has 0 bridgehead atoms. The lowest BCUT2D eigenvalue weighted by Crippen LogP contribution is -2.38. The van der Waals surface area contributed by atoms with Crippen LogP contribution in [0.25, 0.3) is 0 Å². The number of amides is 1. The number of methoxy groups -OCH3 is 1. The largest absolute Gasteiger partial charge is 0.497 e. The van der Waals surface area contributed by atoms with Gasteiger partial charge in [-0.3, -0.25) is 4.79 Å². The second-order valence-electron chi connectivity index (χ2n) is 5.06. The van der Waals surface area contributed by atoms with Gasteiger partial charge < -0.3 is 19.9 Å². The Balaban J connectivity index is 2.33. The molecule has 1 aromatic rings. The van der Waals surface area contributed by atoms with Gasteiger partial charge in [0.05, 0.1) is 7.11 Å². The molecule has 1 rings (SSSR count). The molecule has 106 valence electrons. The standard InChI is InChI=1S/C14H21NO4/c1-14(2,10-16)9-15-13(17)8-19-12-6-4-11(18-3)5-7-12/h4-7,16H,8-10H2,1-3H3,(H,15,17). The summed E-state index contributed by atoms with van der Waals surface area (Å²) in [6.45, 7) is 4.13. The Kier molecular flexibility index (Phi) is 5.63. The first kappa shape index (κ1) is 15.3. The summed E-state index contributed by atoms with van der Waals surface area (Å²) in [4.78, 5) is 11.6. The van der Waals surface area contributed by atoms with Crippen LogP contribution in [0.5, 0.6) is 11.5 Å².